The van der Waals surface area contributed by atoms with Gasteiger partial charge in [-0.3, -0.25) is 4.79 Å². The minimum Gasteiger partial charge on any atom is -0.344 e. The number of aryl methyl sites for hydroxylation is 2. The Morgan fingerprint density at radius 1 is 1.07 bits per heavy atom. The van der Waals surface area contributed by atoms with Crippen molar-refractivity contribution >= 4 is 5.91 Å². The van der Waals surface area contributed by atoms with E-state index in [1.807, 2.05) is 0 Å². The van der Waals surface area contributed by atoms with Gasteiger partial charge in [-0.15, -0.1) is 0 Å². The molecule has 146 valence electrons. The molecule has 0 aliphatic carbocycles. The van der Waals surface area contributed by atoms with Crippen molar-refractivity contribution in [3.8, 4) is 0 Å². The standard InChI is InChI=1S/C20H24F3N3O/c1-15-6-7-16(2)26(15)13-10-24-8-11-25(12-9-24)19(27)17-4-3-5-18(14-17)20(21,22)23/h3-7,14H,8-13H2,1-2H3/p+1. The zero-order valence-electron chi connectivity index (χ0n) is 15.6. The molecule has 3 rings (SSSR count). The summed E-state index contributed by atoms with van der Waals surface area (Å²) in [5, 5.41) is 0. The van der Waals surface area contributed by atoms with E-state index < -0.39 is 11.7 Å². The molecule has 1 fully saturated rings. The Morgan fingerprint density at radius 2 is 1.70 bits per heavy atom. The van der Waals surface area contributed by atoms with Gasteiger partial charge in [-0.25, -0.2) is 0 Å². The Morgan fingerprint density at radius 3 is 2.30 bits per heavy atom. The van der Waals surface area contributed by atoms with E-state index in [0.29, 0.717) is 13.1 Å². The van der Waals surface area contributed by atoms with Crippen LogP contribution in [0.2, 0.25) is 0 Å². The first-order chi connectivity index (χ1) is 12.8. The third kappa shape index (κ3) is 4.53. The average molecular weight is 380 g/mol. The quantitative estimate of drug-likeness (QED) is 0.866. The molecule has 0 unspecified atom stereocenters. The van der Waals surface area contributed by atoms with Gasteiger partial charge in [0.25, 0.3) is 5.91 Å². The summed E-state index contributed by atoms with van der Waals surface area (Å²) in [5.74, 6) is -0.322. The van der Waals surface area contributed by atoms with Crippen LogP contribution in [0, 0.1) is 13.8 Å². The third-order valence-corrected chi connectivity index (χ3v) is 5.30. The molecule has 7 heteroatoms. The average Bonchev–Trinajstić information content (AvgIpc) is 2.97. The number of nitrogens with zero attached hydrogens (tertiary/aromatic N) is 2. The third-order valence-electron chi connectivity index (χ3n) is 5.30. The maximum atomic E-state index is 12.9. The highest BCUT2D eigenvalue weighted by Crippen LogP contribution is 2.29. The van der Waals surface area contributed by atoms with Gasteiger partial charge in [0, 0.05) is 17.0 Å². The highest BCUT2D eigenvalue weighted by molar-refractivity contribution is 5.94. The van der Waals surface area contributed by atoms with Crippen LogP contribution in [0.1, 0.15) is 27.3 Å². The summed E-state index contributed by atoms with van der Waals surface area (Å²) in [5.41, 5.74) is 1.80. The molecule has 1 aliphatic rings. The molecule has 1 aromatic carbocycles. The molecule has 2 heterocycles. The highest BCUT2D eigenvalue weighted by Gasteiger charge is 2.32. The van der Waals surface area contributed by atoms with Crippen molar-refractivity contribution in [1.82, 2.24) is 9.47 Å². The van der Waals surface area contributed by atoms with Gasteiger partial charge in [-0.2, -0.15) is 13.2 Å². The van der Waals surface area contributed by atoms with E-state index in [-0.39, 0.29) is 11.5 Å². The molecule has 1 saturated heterocycles. The molecular weight excluding hydrogens is 355 g/mol. The maximum Gasteiger partial charge on any atom is 0.416 e. The van der Waals surface area contributed by atoms with Crippen LogP contribution in [0.15, 0.2) is 36.4 Å². The molecule has 0 atom stereocenters. The normalized spacial score (nSPS) is 16.0. The van der Waals surface area contributed by atoms with E-state index in [2.05, 4.69) is 30.5 Å². The summed E-state index contributed by atoms with van der Waals surface area (Å²) in [7, 11) is 0. The van der Waals surface area contributed by atoms with Crippen molar-refractivity contribution in [2.24, 2.45) is 0 Å². The molecular formula is C20H25F3N3O+. The molecule has 0 bridgehead atoms. The molecule has 0 spiro atoms. The van der Waals surface area contributed by atoms with Crippen LogP contribution in [0.4, 0.5) is 13.2 Å². The number of nitrogens with one attached hydrogen (secondary N) is 1. The Hall–Kier alpha value is -2.28. The van der Waals surface area contributed by atoms with Crippen molar-refractivity contribution in [2.75, 3.05) is 32.7 Å². The van der Waals surface area contributed by atoms with Crippen LogP contribution >= 0.6 is 0 Å². The SMILES string of the molecule is Cc1ccc(C)n1CC[NH+]1CCN(C(=O)c2cccc(C(F)(F)F)c2)CC1. The van der Waals surface area contributed by atoms with Gasteiger partial charge >= 0.3 is 6.18 Å². The summed E-state index contributed by atoms with van der Waals surface area (Å²) in [6, 6.07) is 8.89. The number of benzene rings is 1. The number of alkyl halides is 3. The van der Waals surface area contributed by atoms with Crippen molar-refractivity contribution in [3.63, 3.8) is 0 Å². The van der Waals surface area contributed by atoms with Gasteiger partial charge < -0.3 is 14.4 Å². The molecule has 27 heavy (non-hydrogen) atoms. The number of halogens is 3. The summed E-state index contributed by atoms with van der Waals surface area (Å²) in [4.78, 5) is 15.6. The second kappa shape index (κ2) is 7.76. The largest absolute Gasteiger partial charge is 0.416 e. The predicted molar refractivity (Wildman–Crippen MR) is 96.8 cm³/mol. The number of carbonyl (C=O) groups excluding carboxylic acids is 1. The lowest BCUT2D eigenvalue weighted by molar-refractivity contribution is -0.904. The number of amides is 1. The van der Waals surface area contributed by atoms with E-state index in [4.69, 9.17) is 0 Å². The fourth-order valence-corrected chi connectivity index (χ4v) is 3.61. The van der Waals surface area contributed by atoms with E-state index in [1.165, 1.54) is 28.4 Å². The zero-order valence-corrected chi connectivity index (χ0v) is 15.6. The minimum absolute atomic E-state index is 0.104. The molecule has 1 aliphatic heterocycles. The van der Waals surface area contributed by atoms with Gasteiger partial charge in [0.1, 0.15) is 0 Å². The molecule has 0 radical (unpaired) electrons. The van der Waals surface area contributed by atoms with Gasteiger partial charge in [-0.05, 0) is 44.2 Å². The Balaban J connectivity index is 1.55. The van der Waals surface area contributed by atoms with Crippen molar-refractivity contribution in [3.05, 3.63) is 58.9 Å². The molecule has 1 aromatic heterocycles. The highest BCUT2D eigenvalue weighted by atomic mass is 19.4. The first kappa shape index (κ1) is 19.5. The number of hydrogen-bond acceptors (Lipinski definition) is 1. The van der Waals surface area contributed by atoms with E-state index >= 15 is 0 Å². The monoisotopic (exact) mass is 380 g/mol. The Bertz CT molecular complexity index is 786. The van der Waals surface area contributed by atoms with Crippen LogP contribution in [0.5, 0.6) is 0 Å². The first-order valence-corrected chi connectivity index (χ1v) is 9.18. The fourth-order valence-electron chi connectivity index (χ4n) is 3.61. The molecule has 2 aromatic rings. The minimum atomic E-state index is -4.44. The van der Waals surface area contributed by atoms with Crippen molar-refractivity contribution in [1.29, 1.82) is 0 Å². The number of rotatable bonds is 4. The van der Waals surface area contributed by atoms with Gasteiger partial charge in [0.15, 0.2) is 0 Å². The van der Waals surface area contributed by atoms with Gasteiger partial charge in [0.05, 0.1) is 44.8 Å². The molecule has 0 saturated carbocycles. The number of hydrogen-bond donors (Lipinski definition) is 1. The molecule has 4 nitrogen and oxygen atoms in total. The summed E-state index contributed by atoms with van der Waals surface area (Å²) in [6.45, 7) is 8.84. The first-order valence-electron chi connectivity index (χ1n) is 9.18. The van der Waals surface area contributed by atoms with Gasteiger partial charge in [-0.1, -0.05) is 6.07 Å². The topological polar surface area (TPSA) is 29.7 Å². The number of carbonyl (C=O) groups is 1. The number of aromatic nitrogens is 1. The second-order valence-electron chi connectivity index (χ2n) is 7.14. The van der Waals surface area contributed by atoms with E-state index in [1.54, 1.807) is 4.90 Å². The van der Waals surface area contributed by atoms with Crippen LogP contribution < -0.4 is 4.90 Å². The van der Waals surface area contributed by atoms with Crippen LogP contribution in [0.25, 0.3) is 0 Å². The molecule has 1 amide bonds. The lowest BCUT2D eigenvalue weighted by atomic mass is 10.1. The zero-order chi connectivity index (χ0) is 19.6. The Kier molecular flexibility index (Phi) is 5.60. The maximum absolute atomic E-state index is 12.9. The molecule has 1 N–H and O–H groups in total. The lowest BCUT2D eigenvalue weighted by Gasteiger charge is -2.32. The van der Waals surface area contributed by atoms with E-state index in [9.17, 15) is 18.0 Å². The summed E-state index contributed by atoms with van der Waals surface area (Å²) in [6.07, 6.45) is -4.44. The Labute approximate surface area is 157 Å². The fraction of sp³-hybridized carbons (Fsp3) is 0.450. The van der Waals surface area contributed by atoms with Gasteiger partial charge in [0.2, 0.25) is 0 Å². The second-order valence-corrected chi connectivity index (χ2v) is 7.14. The number of quaternary nitrogens is 1. The lowest BCUT2D eigenvalue weighted by Crippen LogP contribution is -3.15. The van der Waals surface area contributed by atoms with Crippen molar-refractivity contribution < 1.29 is 22.9 Å². The van der Waals surface area contributed by atoms with Crippen LogP contribution in [-0.4, -0.2) is 48.1 Å². The smallest absolute Gasteiger partial charge is 0.344 e. The summed E-state index contributed by atoms with van der Waals surface area (Å²) < 4.78 is 40.8. The van der Waals surface area contributed by atoms with E-state index in [0.717, 1.165) is 38.3 Å². The number of piperazine rings is 1. The van der Waals surface area contributed by atoms with Crippen LogP contribution in [-0.2, 0) is 12.7 Å². The van der Waals surface area contributed by atoms with Crippen LogP contribution in [0.3, 0.4) is 0 Å². The summed E-state index contributed by atoms with van der Waals surface area (Å²) >= 11 is 0. The van der Waals surface area contributed by atoms with Crippen molar-refractivity contribution in [2.45, 2.75) is 26.6 Å². The predicted octanol–water partition coefficient (Wildman–Crippen LogP) is 2.16.